The minimum Gasteiger partial charge on any atom is -0.618 e. The van der Waals surface area contributed by atoms with Gasteiger partial charge < -0.3 is 29.7 Å². The Morgan fingerprint density at radius 1 is 1.17 bits per heavy atom. The molecule has 2 atom stereocenters. The Labute approximate surface area is 243 Å². The number of Topliss-reactive ketones (excluding diaryl/α,β-unsaturated/α-hetero) is 1. The highest BCUT2D eigenvalue weighted by atomic mass is 32.2. The first kappa shape index (κ1) is 30.8. The summed E-state index contributed by atoms with van der Waals surface area (Å²) in [6.07, 6.45) is 1.81. The molecule has 1 aliphatic rings. The van der Waals surface area contributed by atoms with Crippen molar-refractivity contribution in [1.82, 2.24) is 14.9 Å². The van der Waals surface area contributed by atoms with E-state index in [4.69, 9.17) is 13.9 Å². The number of pyridine rings is 1. The number of benzene rings is 1. The van der Waals surface area contributed by atoms with E-state index in [-0.39, 0.29) is 42.2 Å². The zero-order valence-corrected chi connectivity index (χ0v) is 24.6. The first-order valence-corrected chi connectivity index (χ1v) is 14.9. The van der Waals surface area contributed by atoms with Gasteiger partial charge in [0.1, 0.15) is 11.6 Å². The van der Waals surface area contributed by atoms with E-state index in [1.54, 1.807) is 12.1 Å². The summed E-state index contributed by atoms with van der Waals surface area (Å²) in [5.41, 5.74) is 0.393. The molecule has 1 aromatic carbocycles. The van der Waals surface area contributed by atoms with Crippen molar-refractivity contribution in [3.63, 3.8) is 0 Å². The number of furan rings is 1. The van der Waals surface area contributed by atoms with Crippen LogP contribution < -0.4 is 24.8 Å². The quantitative estimate of drug-likeness (QED) is 0.259. The van der Waals surface area contributed by atoms with E-state index in [1.807, 2.05) is 13.8 Å². The molecule has 3 aromatic rings. The smallest absolute Gasteiger partial charge is 0.323 e. The Balaban J connectivity index is 1.47. The van der Waals surface area contributed by atoms with Crippen LogP contribution in [0.1, 0.15) is 43.7 Å². The maximum atomic E-state index is 13.3. The van der Waals surface area contributed by atoms with E-state index in [0.29, 0.717) is 22.5 Å². The lowest BCUT2D eigenvalue weighted by atomic mass is 10.0. The summed E-state index contributed by atoms with van der Waals surface area (Å²) in [7, 11) is -1.26. The molecule has 226 valence electrons. The first-order chi connectivity index (χ1) is 19.9. The summed E-state index contributed by atoms with van der Waals surface area (Å²) in [5.74, 6) is -0.836. The summed E-state index contributed by atoms with van der Waals surface area (Å²) in [6, 6.07) is 6.83. The second-order valence-corrected chi connectivity index (χ2v) is 12.3. The molecule has 13 nitrogen and oxygen atoms in total. The Morgan fingerprint density at radius 3 is 2.55 bits per heavy atom. The van der Waals surface area contributed by atoms with Crippen LogP contribution in [-0.4, -0.2) is 69.7 Å². The Kier molecular flexibility index (Phi) is 9.36. The van der Waals surface area contributed by atoms with E-state index in [2.05, 4.69) is 10.6 Å². The van der Waals surface area contributed by atoms with Crippen molar-refractivity contribution in [2.75, 3.05) is 27.3 Å². The molecule has 0 bridgehead atoms. The standard InChI is InChI=1S/C28H34N4O9S/c1-17(2)12-20(30-28(35)25-14-18-13-23(39-3)24(40-4)15-22(18)41-25)27(34)29-19-8-7-10-31(16-21(19)33)42(37,38)26-9-5-6-11-32(26)36/h5-6,9,11,13-15,17,19-20H,7-8,10,12,16H2,1-4H3,(H,29,34)(H,30,35)/t19?,20-/m0/s1. The predicted octanol–water partition coefficient (Wildman–Crippen LogP) is 1.77. The van der Waals surface area contributed by atoms with Gasteiger partial charge in [0.2, 0.25) is 5.91 Å². The molecule has 1 aliphatic heterocycles. The number of hydrogen-bond acceptors (Lipinski definition) is 9. The maximum Gasteiger partial charge on any atom is 0.323 e. The molecule has 14 heteroatoms. The molecule has 2 aromatic heterocycles. The predicted molar refractivity (Wildman–Crippen MR) is 150 cm³/mol. The fourth-order valence-electron chi connectivity index (χ4n) is 4.78. The van der Waals surface area contributed by atoms with Crippen LogP contribution >= 0.6 is 0 Å². The number of ether oxygens (including phenoxy) is 2. The van der Waals surface area contributed by atoms with Gasteiger partial charge in [-0.05, 0) is 43.4 Å². The van der Waals surface area contributed by atoms with Crippen molar-refractivity contribution in [3.8, 4) is 11.5 Å². The molecule has 1 saturated heterocycles. The van der Waals surface area contributed by atoms with Crippen molar-refractivity contribution in [3.05, 3.63) is 53.6 Å². The minimum absolute atomic E-state index is 0.00310. The molecule has 1 unspecified atom stereocenters. The number of nitrogens with one attached hydrogen (secondary N) is 2. The zero-order chi connectivity index (χ0) is 30.6. The summed E-state index contributed by atoms with van der Waals surface area (Å²) < 4.78 is 43.6. The van der Waals surface area contributed by atoms with Gasteiger partial charge in [0, 0.05) is 30.1 Å². The van der Waals surface area contributed by atoms with Crippen molar-refractivity contribution in [2.24, 2.45) is 5.92 Å². The number of sulfonamides is 1. The number of hydrogen-bond donors (Lipinski definition) is 2. The molecule has 0 radical (unpaired) electrons. The molecule has 4 rings (SSSR count). The third-order valence-electron chi connectivity index (χ3n) is 6.91. The molecule has 0 saturated carbocycles. The van der Waals surface area contributed by atoms with Crippen molar-refractivity contribution < 1.29 is 41.4 Å². The number of rotatable bonds is 10. The minimum atomic E-state index is -4.23. The fraction of sp³-hybridized carbons (Fsp3) is 0.429. The molecular formula is C28H34N4O9S. The molecule has 1 fully saturated rings. The summed E-state index contributed by atoms with van der Waals surface area (Å²) in [5, 5.41) is 17.6. The number of methoxy groups -OCH3 is 2. The highest BCUT2D eigenvalue weighted by Crippen LogP contribution is 2.33. The SMILES string of the molecule is COc1cc2cc(C(=O)N[C@@H](CC(C)C)C(=O)NC3CCCN(S(=O)(=O)c4cccc[n+]4[O-])CC3=O)oc2cc1OC. The van der Waals surface area contributed by atoms with Gasteiger partial charge in [-0.3, -0.25) is 14.4 Å². The average molecular weight is 603 g/mol. The Bertz CT molecular complexity index is 1540. The Hall–Kier alpha value is -4.17. The van der Waals surface area contributed by atoms with E-state index in [9.17, 15) is 28.0 Å². The summed E-state index contributed by atoms with van der Waals surface area (Å²) in [6.45, 7) is 3.27. The van der Waals surface area contributed by atoms with Crippen LogP contribution in [0.3, 0.4) is 0 Å². The van der Waals surface area contributed by atoms with Gasteiger partial charge in [0.25, 0.3) is 5.91 Å². The number of amides is 2. The van der Waals surface area contributed by atoms with Crippen LogP contribution in [0, 0.1) is 11.1 Å². The van der Waals surface area contributed by atoms with Crippen molar-refractivity contribution in [1.29, 1.82) is 0 Å². The molecule has 3 heterocycles. The third kappa shape index (κ3) is 6.65. The highest BCUT2D eigenvalue weighted by molar-refractivity contribution is 7.89. The summed E-state index contributed by atoms with van der Waals surface area (Å²) >= 11 is 0. The number of aromatic nitrogens is 1. The van der Waals surface area contributed by atoms with E-state index >= 15 is 0 Å². The molecular weight excluding hydrogens is 568 g/mol. The van der Waals surface area contributed by atoms with Crippen molar-refractivity contribution >= 4 is 38.6 Å². The van der Waals surface area contributed by atoms with Gasteiger partial charge in [-0.1, -0.05) is 13.8 Å². The van der Waals surface area contributed by atoms with Crippen LogP contribution in [0.15, 0.2) is 52.0 Å². The lowest BCUT2D eigenvalue weighted by molar-refractivity contribution is -0.646. The molecule has 2 amide bonds. The van der Waals surface area contributed by atoms with Crippen LogP contribution in [-0.2, 0) is 19.6 Å². The monoisotopic (exact) mass is 602 g/mol. The van der Waals surface area contributed by atoms with E-state index in [0.717, 1.165) is 10.5 Å². The largest absolute Gasteiger partial charge is 0.618 e. The number of ketones is 1. The number of fused-ring (bicyclic) bond motifs is 1. The van der Waals surface area contributed by atoms with Gasteiger partial charge in [-0.2, -0.15) is 9.04 Å². The first-order valence-electron chi connectivity index (χ1n) is 13.4. The van der Waals surface area contributed by atoms with Gasteiger partial charge in [-0.25, -0.2) is 8.42 Å². The number of nitrogens with zero attached hydrogens (tertiary/aromatic N) is 2. The Morgan fingerprint density at radius 2 is 1.88 bits per heavy atom. The van der Waals surface area contributed by atoms with E-state index < -0.39 is 51.3 Å². The lowest BCUT2D eigenvalue weighted by Crippen LogP contribution is -2.52. The zero-order valence-electron chi connectivity index (χ0n) is 23.8. The molecule has 0 spiro atoms. The van der Waals surface area contributed by atoms with Gasteiger partial charge >= 0.3 is 15.0 Å². The van der Waals surface area contributed by atoms with Gasteiger partial charge in [0.05, 0.1) is 26.8 Å². The van der Waals surface area contributed by atoms with Crippen molar-refractivity contribution in [2.45, 2.75) is 50.2 Å². The number of carbonyl (C=O) groups is 3. The number of carbonyl (C=O) groups excluding carboxylic acids is 3. The second kappa shape index (κ2) is 12.8. The molecule has 42 heavy (non-hydrogen) atoms. The lowest BCUT2D eigenvalue weighted by Gasteiger charge is -2.23. The van der Waals surface area contributed by atoms with Crippen LogP contribution in [0.4, 0.5) is 0 Å². The third-order valence-corrected chi connectivity index (χ3v) is 8.74. The highest BCUT2D eigenvalue weighted by Gasteiger charge is 2.37. The topological polar surface area (TPSA) is 171 Å². The van der Waals surface area contributed by atoms with Gasteiger partial charge in [0.15, 0.2) is 29.2 Å². The van der Waals surface area contributed by atoms with Crippen LogP contribution in [0.2, 0.25) is 0 Å². The molecule has 2 N–H and O–H groups in total. The summed E-state index contributed by atoms with van der Waals surface area (Å²) in [4.78, 5) is 39.6. The molecule has 0 aliphatic carbocycles. The van der Waals surface area contributed by atoms with E-state index in [1.165, 1.54) is 38.5 Å². The normalized spacial score (nSPS) is 17.1. The second-order valence-electron chi connectivity index (χ2n) is 10.4. The van der Waals surface area contributed by atoms with Crippen LogP contribution in [0.5, 0.6) is 11.5 Å². The van der Waals surface area contributed by atoms with Crippen LogP contribution in [0.25, 0.3) is 11.0 Å². The maximum absolute atomic E-state index is 13.3. The van der Waals surface area contributed by atoms with Gasteiger partial charge in [-0.15, -0.1) is 0 Å². The average Bonchev–Trinajstić information content (AvgIpc) is 3.28. The fourth-order valence-corrected chi connectivity index (χ4v) is 6.25.